The van der Waals surface area contributed by atoms with Crippen molar-refractivity contribution in [3.05, 3.63) is 35.4 Å². The molecule has 0 N–H and O–H groups in total. The summed E-state index contributed by atoms with van der Waals surface area (Å²) in [4.78, 5) is 11.3. The second-order valence-corrected chi connectivity index (χ2v) is 4.03. The van der Waals surface area contributed by atoms with Gasteiger partial charge in [0.2, 0.25) is 0 Å². The first-order chi connectivity index (χ1) is 7.79. The molecule has 3 heteroatoms. The van der Waals surface area contributed by atoms with Gasteiger partial charge in [-0.15, -0.1) is 0 Å². The van der Waals surface area contributed by atoms with Crippen LogP contribution in [-0.4, -0.2) is 19.5 Å². The first-order valence-corrected chi connectivity index (χ1v) is 5.50. The lowest BCUT2D eigenvalue weighted by molar-refractivity contribution is -0.128. The monoisotopic (exact) mass is 220 g/mol. The van der Waals surface area contributed by atoms with E-state index >= 15 is 0 Å². The molecule has 86 valence electrons. The van der Waals surface area contributed by atoms with Crippen molar-refractivity contribution in [1.29, 1.82) is 0 Å². The van der Waals surface area contributed by atoms with Gasteiger partial charge in [0.1, 0.15) is 5.78 Å². The van der Waals surface area contributed by atoms with E-state index in [9.17, 15) is 4.79 Å². The van der Waals surface area contributed by atoms with Gasteiger partial charge < -0.3 is 9.47 Å². The van der Waals surface area contributed by atoms with Crippen molar-refractivity contribution >= 4 is 5.78 Å². The first-order valence-electron chi connectivity index (χ1n) is 5.50. The highest BCUT2D eigenvalue weighted by atomic mass is 16.5. The fourth-order valence-electron chi connectivity index (χ4n) is 1.89. The largest absolute Gasteiger partial charge is 0.380 e. The molecule has 0 amide bonds. The minimum absolute atomic E-state index is 0.0576. The van der Waals surface area contributed by atoms with Gasteiger partial charge in [-0.25, -0.2) is 0 Å². The third-order valence-electron chi connectivity index (χ3n) is 2.78. The van der Waals surface area contributed by atoms with Crippen LogP contribution >= 0.6 is 0 Å². The fourth-order valence-corrected chi connectivity index (χ4v) is 1.89. The van der Waals surface area contributed by atoms with Crippen molar-refractivity contribution in [1.82, 2.24) is 0 Å². The lowest BCUT2D eigenvalue weighted by Gasteiger charge is -2.22. The summed E-state index contributed by atoms with van der Waals surface area (Å²) in [5.41, 5.74) is 2.21. The minimum atomic E-state index is -0.0576. The third-order valence-corrected chi connectivity index (χ3v) is 2.78. The summed E-state index contributed by atoms with van der Waals surface area (Å²) in [6.45, 7) is 1.16. The molecule has 2 rings (SSSR count). The van der Waals surface area contributed by atoms with Gasteiger partial charge in [-0.3, -0.25) is 4.79 Å². The van der Waals surface area contributed by atoms with Crippen molar-refractivity contribution in [2.24, 2.45) is 0 Å². The molecule has 1 saturated heterocycles. The van der Waals surface area contributed by atoms with Crippen molar-refractivity contribution in [3.8, 4) is 0 Å². The summed E-state index contributed by atoms with van der Waals surface area (Å²) < 4.78 is 10.6. The molecule has 1 heterocycles. The smallest absolute Gasteiger partial charge is 0.138 e. The molecule has 0 spiro atoms. The molecule has 0 aliphatic carbocycles. The van der Waals surface area contributed by atoms with Crippen LogP contribution in [0.4, 0.5) is 0 Å². The molecule has 16 heavy (non-hydrogen) atoms. The zero-order valence-corrected chi connectivity index (χ0v) is 9.44. The van der Waals surface area contributed by atoms with Crippen LogP contribution in [0.5, 0.6) is 0 Å². The lowest BCUT2D eigenvalue weighted by atomic mass is 9.99. The highest BCUT2D eigenvalue weighted by Crippen LogP contribution is 2.26. The van der Waals surface area contributed by atoms with E-state index in [1.165, 1.54) is 0 Å². The van der Waals surface area contributed by atoms with Crippen LogP contribution in [0.1, 0.15) is 30.1 Å². The summed E-state index contributed by atoms with van der Waals surface area (Å²) in [5.74, 6) is 0.289. The van der Waals surface area contributed by atoms with Crippen LogP contribution < -0.4 is 0 Å². The molecule has 0 radical (unpaired) electrons. The van der Waals surface area contributed by atoms with Crippen molar-refractivity contribution in [2.75, 3.05) is 13.7 Å². The predicted octanol–water partition coefficient (Wildman–Crippen LogP) is 2.25. The standard InChI is InChI=1S/C13H16O3/c1-15-9-10-2-4-11(5-3-10)13-8-12(14)6-7-16-13/h2-5,13H,6-9H2,1H3. The molecule has 1 aromatic rings. The summed E-state index contributed by atoms with van der Waals surface area (Å²) >= 11 is 0. The van der Waals surface area contributed by atoms with Crippen LogP contribution in [0.25, 0.3) is 0 Å². The maximum atomic E-state index is 11.3. The first kappa shape index (κ1) is 11.3. The Morgan fingerprint density at radius 3 is 2.75 bits per heavy atom. The maximum absolute atomic E-state index is 11.3. The van der Waals surface area contributed by atoms with Gasteiger partial charge in [-0.1, -0.05) is 24.3 Å². The predicted molar refractivity (Wildman–Crippen MR) is 60.1 cm³/mol. The Balaban J connectivity index is 2.05. The van der Waals surface area contributed by atoms with E-state index in [0.29, 0.717) is 26.1 Å². The highest BCUT2D eigenvalue weighted by Gasteiger charge is 2.21. The van der Waals surface area contributed by atoms with Crippen molar-refractivity contribution < 1.29 is 14.3 Å². The summed E-state index contributed by atoms with van der Waals surface area (Å²) in [6.07, 6.45) is 1.000. The number of rotatable bonds is 3. The van der Waals surface area contributed by atoms with Gasteiger partial charge in [-0.05, 0) is 11.1 Å². The average molecular weight is 220 g/mol. The number of carbonyl (C=O) groups is 1. The van der Waals surface area contributed by atoms with Gasteiger partial charge in [-0.2, -0.15) is 0 Å². The molecule has 1 atom stereocenters. The molecule has 3 nitrogen and oxygen atoms in total. The molecule has 1 unspecified atom stereocenters. The van der Waals surface area contributed by atoms with E-state index in [2.05, 4.69) is 0 Å². The number of benzene rings is 1. The second kappa shape index (κ2) is 5.23. The Kier molecular flexibility index (Phi) is 3.70. The molecule has 0 bridgehead atoms. The Bertz CT molecular complexity index is 356. The summed E-state index contributed by atoms with van der Waals surface area (Å²) in [5, 5.41) is 0. The zero-order valence-electron chi connectivity index (χ0n) is 9.44. The molecule has 0 aromatic heterocycles. The van der Waals surface area contributed by atoms with E-state index in [0.717, 1.165) is 11.1 Å². The Morgan fingerprint density at radius 2 is 2.12 bits per heavy atom. The highest BCUT2D eigenvalue weighted by molar-refractivity contribution is 5.79. The summed E-state index contributed by atoms with van der Waals surface area (Å²) in [7, 11) is 1.68. The minimum Gasteiger partial charge on any atom is -0.380 e. The molecule has 0 saturated carbocycles. The van der Waals surface area contributed by atoms with Crippen molar-refractivity contribution in [3.63, 3.8) is 0 Å². The number of carbonyl (C=O) groups excluding carboxylic acids is 1. The van der Waals surface area contributed by atoms with E-state index < -0.39 is 0 Å². The molecule has 1 aliphatic rings. The van der Waals surface area contributed by atoms with Gasteiger partial charge in [0.15, 0.2) is 0 Å². The van der Waals surface area contributed by atoms with Crippen LogP contribution in [0.3, 0.4) is 0 Å². The number of ether oxygens (including phenoxy) is 2. The van der Waals surface area contributed by atoms with Crippen LogP contribution in [0.2, 0.25) is 0 Å². The number of ketones is 1. The van der Waals surface area contributed by atoms with Crippen LogP contribution in [-0.2, 0) is 20.9 Å². The fraction of sp³-hybridized carbons (Fsp3) is 0.462. The van der Waals surface area contributed by atoms with E-state index in [-0.39, 0.29) is 11.9 Å². The van der Waals surface area contributed by atoms with Crippen LogP contribution in [0, 0.1) is 0 Å². The lowest BCUT2D eigenvalue weighted by Crippen LogP contribution is -2.19. The molecule has 1 aliphatic heterocycles. The maximum Gasteiger partial charge on any atom is 0.138 e. The zero-order chi connectivity index (χ0) is 11.4. The number of Topliss-reactive ketones (excluding diaryl/α,β-unsaturated/α-hetero) is 1. The van der Waals surface area contributed by atoms with Gasteiger partial charge in [0, 0.05) is 20.0 Å². The van der Waals surface area contributed by atoms with Crippen molar-refractivity contribution in [2.45, 2.75) is 25.6 Å². The van der Waals surface area contributed by atoms with Gasteiger partial charge in [0.05, 0.1) is 19.3 Å². The molecule has 1 fully saturated rings. The Morgan fingerprint density at radius 1 is 1.38 bits per heavy atom. The van der Waals surface area contributed by atoms with Gasteiger partial charge >= 0.3 is 0 Å². The van der Waals surface area contributed by atoms with E-state index in [1.807, 2.05) is 24.3 Å². The molecule has 1 aromatic carbocycles. The van der Waals surface area contributed by atoms with E-state index in [1.54, 1.807) is 7.11 Å². The van der Waals surface area contributed by atoms with E-state index in [4.69, 9.17) is 9.47 Å². The van der Waals surface area contributed by atoms with Crippen LogP contribution in [0.15, 0.2) is 24.3 Å². The molecular formula is C13H16O3. The normalized spacial score (nSPS) is 21.1. The second-order valence-electron chi connectivity index (χ2n) is 4.03. The van der Waals surface area contributed by atoms with Gasteiger partial charge in [0.25, 0.3) is 0 Å². The number of hydrogen-bond acceptors (Lipinski definition) is 3. The SMILES string of the molecule is COCc1ccc(C2CC(=O)CCO2)cc1. The Hall–Kier alpha value is -1.19. The summed E-state index contributed by atoms with van der Waals surface area (Å²) in [6, 6.07) is 8.05. The Labute approximate surface area is 95.4 Å². The topological polar surface area (TPSA) is 35.5 Å². The number of hydrogen-bond donors (Lipinski definition) is 0. The number of methoxy groups -OCH3 is 1. The quantitative estimate of drug-likeness (QED) is 0.783. The third kappa shape index (κ3) is 2.68. The average Bonchev–Trinajstić information content (AvgIpc) is 2.30. The molecular weight excluding hydrogens is 204 g/mol.